The van der Waals surface area contributed by atoms with Crippen LogP contribution in [0, 0.1) is 6.92 Å². The quantitative estimate of drug-likeness (QED) is 0.740. The van der Waals surface area contributed by atoms with Crippen molar-refractivity contribution in [2.24, 2.45) is 5.73 Å². The summed E-state index contributed by atoms with van der Waals surface area (Å²) in [5.74, 6) is -1.29. The molecular weight excluding hydrogens is 316 g/mol. The predicted molar refractivity (Wildman–Crippen MR) is 86.3 cm³/mol. The Balaban J connectivity index is 2.37. The minimum Gasteiger partial charge on any atom is -0.480 e. The number of sulfonamides is 1. The van der Waals surface area contributed by atoms with E-state index >= 15 is 0 Å². The van der Waals surface area contributed by atoms with Crippen LogP contribution in [-0.2, 0) is 14.8 Å². The van der Waals surface area contributed by atoms with E-state index < -0.39 is 28.1 Å². The Kier molecular flexibility index (Phi) is 5.15. The molecule has 4 N–H and O–H groups in total. The molecule has 6 nitrogen and oxygen atoms in total. The number of hydrogen-bond acceptors (Lipinski definition) is 4. The van der Waals surface area contributed by atoms with Crippen LogP contribution in [0.5, 0.6) is 0 Å². The summed E-state index contributed by atoms with van der Waals surface area (Å²) in [4.78, 5) is 11.3. The van der Waals surface area contributed by atoms with Gasteiger partial charge in [-0.2, -0.15) is 0 Å². The molecule has 0 amide bonds. The molecule has 0 unspecified atom stereocenters. The van der Waals surface area contributed by atoms with Gasteiger partial charge in [0.05, 0.1) is 10.9 Å². The number of nitrogens with one attached hydrogen (secondary N) is 1. The second kappa shape index (κ2) is 6.91. The minimum atomic E-state index is -3.90. The first-order chi connectivity index (χ1) is 10.8. The Labute approximate surface area is 135 Å². The van der Waals surface area contributed by atoms with Crippen LogP contribution < -0.4 is 10.5 Å². The Morgan fingerprint density at radius 1 is 1.09 bits per heavy atom. The summed E-state index contributed by atoms with van der Waals surface area (Å²) < 4.78 is 27.4. The zero-order chi connectivity index (χ0) is 17.0. The first-order valence-electron chi connectivity index (χ1n) is 6.93. The maximum absolute atomic E-state index is 12.5. The van der Waals surface area contributed by atoms with Gasteiger partial charge in [0.15, 0.2) is 0 Å². The van der Waals surface area contributed by atoms with Crippen molar-refractivity contribution in [1.82, 2.24) is 4.72 Å². The van der Waals surface area contributed by atoms with Crippen molar-refractivity contribution in [3.05, 3.63) is 65.7 Å². The van der Waals surface area contributed by atoms with Gasteiger partial charge in [0.1, 0.15) is 6.04 Å². The Hall–Kier alpha value is -2.22. The summed E-state index contributed by atoms with van der Waals surface area (Å²) in [6.07, 6.45) is 0. The van der Waals surface area contributed by atoms with E-state index in [1.807, 2.05) is 6.92 Å². The summed E-state index contributed by atoms with van der Waals surface area (Å²) in [5, 5.41) is 9.16. The summed E-state index contributed by atoms with van der Waals surface area (Å²) in [5.41, 5.74) is 7.08. The fourth-order valence-corrected chi connectivity index (χ4v) is 3.35. The van der Waals surface area contributed by atoms with Crippen molar-refractivity contribution in [2.45, 2.75) is 23.9 Å². The molecule has 7 heteroatoms. The Morgan fingerprint density at radius 2 is 1.65 bits per heavy atom. The summed E-state index contributed by atoms with van der Waals surface area (Å²) >= 11 is 0. The van der Waals surface area contributed by atoms with Crippen molar-refractivity contribution >= 4 is 16.0 Å². The number of benzene rings is 2. The number of carboxylic acid groups (broad SMARTS) is 1. The molecule has 0 spiro atoms. The van der Waals surface area contributed by atoms with E-state index in [1.54, 1.807) is 42.5 Å². The molecule has 0 aliphatic heterocycles. The Bertz CT molecular complexity index is 773. The topological polar surface area (TPSA) is 109 Å². The summed E-state index contributed by atoms with van der Waals surface area (Å²) in [6, 6.07) is 12.2. The van der Waals surface area contributed by atoms with E-state index in [0.29, 0.717) is 5.56 Å². The molecule has 0 saturated carbocycles. The van der Waals surface area contributed by atoms with Crippen molar-refractivity contribution in [2.75, 3.05) is 0 Å². The van der Waals surface area contributed by atoms with Crippen LogP contribution in [0.1, 0.15) is 17.2 Å². The number of aryl methyl sites for hydroxylation is 1. The van der Waals surface area contributed by atoms with Crippen LogP contribution in [0.2, 0.25) is 0 Å². The van der Waals surface area contributed by atoms with E-state index in [-0.39, 0.29) is 4.90 Å². The molecule has 0 saturated heterocycles. The van der Waals surface area contributed by atoms with Crippen LogP contribution >= 0.6 is 0 Å². The molecule has 0 fully saturated rings. The van der Waals surface area contributed by atoms with E-state index in [9.17, 15) is 13.2 Å². The number of rotatable bonds is 6. The highest BCUT2D eigenvalue weighted by Crippen LogP contribution is 2.20. The SMILES string of the molecule is Cc1ccc(S(=O)(=O)N[C@@H](c2ccccc2)[C@@H](N)C(=O)O)cc1. The molecule has 2 aromatic carbocycles. The highest BCUT2D eigenvalue weighted by molar-refractivity contribution is 7.89. The molecule has 2 rings (SSSR count). The van der Waals surface area contributed by atoms with E-state index in [2.05, 4.69) is 4.72 Å². The number of carbonyl (C=O) groups is 1. The molecule has 0 heterocycles. The van der Waals surface area contributed by atoms with Gasteiger partial charge in [-0.1, -0.05) is 48.0 Å². The lowest BCUT2D eigenvalue weighted by Crippen LogP contribution is -2.45. The molecule has 0 aliphatic rings. The number of carboxylic acids is 1. The van der Waals surface area contributed by atoms with Gasteiger partial charge in [-0.25, -0.2) is 13.1 Å². The van der Waals surface area contributed by atoms with Gasteiger partial charge in [0.25, 0.3) is 0 Å². The maximum Gasteiger partial charge on any atom is 0.322 e. The molecule has 0 aliphatic carbocycles. The molecule has 2 aromatic rings. The molecule has 2 atom stereocenters. The number of aliphatic carboxylic acids is 1. The smallest absolute Gasteiger partial charge is 0.322 e. The summed E-state index contributed by atoms with van der Waals surface area (Å²) in [7, 11) is -3.90. The van der Waals surface area contributed by atoms with Gasteiger partial charge in [-0.3, -0.25) is 4.79 Å². The normalized spacial score (nSPS) is 14.2. The first kappa shape index (κ1) is 17.1. The van der Waals surface area contributed by atoms with Crippen molar-refractivity contribution in [1.29, 1.82) is 0 Å². The molecule has 23 heavy (non-hydrogen) atoms. The first-order valence-corrected chi connectivity index (χ1v) is 8.42. The highest BCUT2D eigenvalue weighted by Gasteiger charge is 2.30. The largest absolute Gasteiger partial charge is 0.480 e. The average molecular weight is 334 g/mol. The summed E-state index contributed by atoms with van der Waals surface area (Å²) in [6.45, 7) is 1.84. The predicted octanol–water partition coefficient (Wildman–Crippen LogP) is 1.43. The third-order valence-corrected chi connectivity index (χ3v) is 4.87. The van der Waals surface area contributed by atoms with Crippen LogP contribution in [0.3, 0.4) is 0 Å². The average Bonchev–Trinajstić information content (AvgIpc) is 2.53. The second-order valence-electron chi connectivity index (χ2n) is 5.19. The lowest BCUT2D eigenvalue weighted by molar-refractivity contribution is -0.139. The zero-order valence-corrected chi connectivity index (χ0v) is 13.3. The fraction of sp³-hybridized carbons (Fsp3) is 0.188. The van der Waals surface area contributed by atoms with E-state index in [0.717, 1.165) is 5.56 Å². The number of nitrogens with two attached hydrogens (primary N) is 1. The van der Waals surface area contributed by atoms with Crippen LogP contribution in [0.4, 0.5) is 0 Å². The second-order valence-corrected chi connectivity index (χ2v) is 6.90. The standard InChI is InChI=1S/C16H18N2O4S/c1-11-7-9-13(10-8-11)23(21,22)18-15(14(17)16(19)20)12-5-3-2-4-6-12/h2-10,14-15,18H,17H2,1H3,(H,19,20)/t14-,15+/m1/s1. The highest BCUT2D eigenvalue weighted by atomic mass is 32.2. The third-order valence-electron chi connectivity index (χ3n) is 3.42. The molecule has 0 radical (unpaired) electrons. The van der Waals surface area contributed by atoms with E-state index in [1.165, 1.54) is 12.1 Å². The van der Waals surface area contributed by atoms with Crippen LogP contribution in [-0.4, -0.2) is 25.5 Å². The third kappa shape index (κ3) is 4.16. The van der Waals surface area contributed by atoms with Crippen LogP contribution in [0.15, 0.2) is 59.5 Å². The van der Waals surface area contributed by atoms with Crippen molar-refractivity contribution in [3.63, 3.8) is 0 Å². The van der Waals surface area contributed by atoms with Gasteiger partial charge < -0.3 is 10.8 Å². The van der Waals surface area contributed by atoms with Crippen molar-refractivity contribution < 1.29 is 18.3 Å². The monoisotopic (exact) mass is 334 g/mol. The minimum absolute atomic E-state index is 0.0571. The lowest BCUT2D eigenvalue weighted by Gasteiger charge is -2.22. The Morgan fingerprint density at radius 3 is 2.17 bits per heavy atom. The van der Waals surface area contributed by atoms with Gasteiger partial charge in [0.2, 0.25) is 10.0 Å². The maximum atomic E-state index is 12.5. The molecule has 0 aromatic heterocycles. The van der Waals surface area contributed by atoms with E-state index in [4.69, 9.17) is 10.8 Å². The van der Waals surface area contributed by atoms with Gasteiger partial charge in [-0.05, 0) is 24.6 Å². The molecule has 0 bridgehead atoms. The van der Waals surface area contributed by atoms with Crippen molar-refractivity contribution in [3.8, 4) is 0 Å². The van der Waals surface area contributed by atoms with Gasteiger partial charge >= 0.3 is 5.97 Å². The molecular formula is C16H18N2O4S. The zero-order valence-electron chi connectivity index (χ0n) is 12.5. The van der Waals surface area contributed by atoms with Gasteiger partial charge in [0, 0.05) is 0 Å². The fourth-order valence-electron chi connectivity index (χ4n) is 2.10. The van der Waals surface area contributed by atoms with Crippen LogP contribution in [0.25, 0.3) is 0 Å². The lowest BCUT2D eigenvalue weighted by atomic mass is 10.0. The van der Waals surface area contributed by atoms with Gasteiger partial charge in [-0.15, -0.1) is 0 Å². The molecule has 122 valence electrons. The number of hydrogen-bond donors (Lipinski definition) is 3.